The molecule has 0 unspecified atom stereocenters. The number of esters is 1. The largest absolute Gasteiger partial charge is 0.490 e. The van der Waals surface area contributed by atoms with Crippen molar-refractivity contribution >= 4 is 40.6 Å². The van der Waals surface area contributed by atoms with Crippen molar-refractivity contribution in [3.05, 3.63) is 59.0 Å². The van der Waals surface area contributed by atoms with E-state index < -0.39 is 5.97 Å². The van der Waals surface area contributed by atoms with Gasteiger partial charge in [-0.3, -0.25) is 9.69 Å². The number of hydrogen-bond acceptors (Lipinski definition) is 7. The molecule has 1 heterocycles. The Kier molecular flexibility index (Phi) is 8.33. The summed E-state index contributed by atoms with van der Waals surface area (Å²) in [6.07, 6.45) is 1.81. The van der Waals surface area contributed by atoms with E-state index in [4.69, 9.17) is 14.2 Å². The van der Waals surface area contributed by atoms with Crippen LogP contribution < -0.4 is 9.47 Å². The van der Waals surface area contributed by atoms with E-state index >= 15 is 0 Å². The number of amidine groups is 1. The van der Waals surface area contributed by atoms with Gasteiger partial charge in [-0.25, -0.2) is 9.79 Å². The number of aliphatic imine (C=N–C) groups is 1. The van der Waals surface area contributed by atoms with E-state index in [0.717, 1.165) is 11.3 Å². The number of rotatable bonds is 9. The van der Waals surface area contributed by atoms with Gasteiger partial charge in [0, 0.05) is 6.54 Å². The summed E-state index contributed by atoms with van der Waals surface area (Å²) in [6, 6.07) is 14.9. The number of para-hydroxylation sites is 1. The van der Waals surface area contributed by atoms with Crippen molar-refractivity contribution in [1.82, 2.24) is 4.90 Å². The predicted octanol–water partition coefficient (Wildman–Crippen LogP) is 4.65. The van der Waals surface area contributed by atoms with Crippen LogP contribution in [0.2, 0.25) is 0 Å². The number of ether oxygens (including phenoxy) is 3. The van der Waals surface area contributed by atoms with Gasteiger partial charge in [0.2, 0.25) is 0 Å². The highest BCUT2D eigenvalue weighted by Gasteiger charge is 2.32. The van der Waals surface area contributed by atoms with Gasteiger partial charge < -0.3 is 14.2 Å². The molecule has 2 aromatic carbocycles. The molecule has 0 spiro atoms. The second-order valence-electron chi connectivity index (χ2n) is 6.62. The number of amides is 1. The second-order valence-corrected chi connectivity index (χ2v) is 7.63. The van der Waals surface area contributed by atoms with Crippen LogP contribution in [0, 0.1) is 0 Å². The van der Waals surface area contributed by atoms with Crippen LogP contribution in [0.5, 0.6) is 11.5 Å². The average Bonchev–Trinajstić information content (AvgIpc) is 3.08. The van der Waals surface area contributed by atoms with Gasteiger partial charge in [-0.15, -0.1) is 0 Å². The van der Waals surface area contributed by atoms with Crippen LogP contribution in [-0.2, 0) is 14.3 Å². The summed E-state index contributed by atoms with van der Waals surface area (Å²) >= 11 is 1.34. The lowest BCUT2D eigenvalue weighted by molar-refractivity contribution is -0.145. The van der Waals surface area contributed by atoms with Crippen molar-refractivity contribution in [2.45, 2.75) is 20.8 Å². The van der Waals surface area contributed by atoms with Crippen LogP contribution in [-0.4, -0.2) is 48.3 Å². The molecule has 0 atom stereocenters. The number of carbonyl (C=O) groups is 2. The minimum Gasteiger partial charge on any atom is -0.490 e. The minimum atomic E-state index is -0.445. The minimum absolute atomic E-state index is 0.0900. The van der Waals surface area contributed by atoms with Crippen molar-refractivity contribution in [3.63, 3.8) is 0 Å². The van der Waals surface area contributed by atoms with Crippen molar-refractivity contribution < 1.29 is 23.8 Å². The quantitative estimate of drug-likeness (QED) is 0.405. The summed E-state index contributed by atoms with van der Waals surface area (Å²) in [5, 5.41) is 0.648. The number of thioether (sulfide) groups is 1. The Morgan fingerprint density at radius 2 is 1.81 bits per heavy atom. The lowest BCUT2D eigenvalue weighted by Crippen LogP contribution is -2.28. The number of nitrogens with zero attached hydrogens (tertiary/aromatic N) is 2. The van der Waals surface area contributed by atoms with E-state index in [1.807, 2.05) is 50.2 Å². The van der Waals surface area contributed by atoms with E-state index in [9.17, 15) is 9.59 Å². The van der Waals surface area contributed by atoms with Gasteiger partial charge in [0.1, 0.15) is 0 Å². The molecular formula is C24H26N2O5S. The first-order valence-electron chi connectivity index (χ1n) is 10.5. The third-order valence-corrected chi connectivity index (χ3v) is 5.41. The molecule has 8 heteroatoms. The molecule has 0 aromatic heterocycles. The molecule has 168 valence electrons. The Morgan fingerprint density at radius 1 is 1.03 bits per heavy atom. The van der Waals surface area contributed by atoms with Gasteiger partial charge in [-0.2, -0.15) is 0 Å². The standard InChI is InChI=1S/C24H26N2O5S/c1-4-26-23(28)21(32-24(26)25-18-10-8-7-9-11-18)15-17-12-13-19(20(14-17)29-5-2)31-16-22(27)30-6-3/h7-15H,4-6,16H2,1-3H3/b21-15-,25-24?. The fourth-order valence-corrected chi connectivity index (χ4v) is 4.04. The van der Waals surface area contributed by atoms with Gasteiger partial charge in [-0.05, 0) is 68.4 Å². The molecule has 1 amide bonds. The van der Waals surface area contributed by atoms with E-state index in [0.29, 0.717) is 41.3 Å². The maximum absolute atomic E-state index is 12.9. The Hall–Kier alpha value is -3.26. The molecule has 0 N–H and O–H groups in total. The number of hydrogen-bond donors (Lipinski definition) is 0. The molecule has 32 heavy (non-hydrogen) atoms. The van der Waals surface area contributed by atoms with Crippen molar-refractivity contribution in [2.24, 2.45) is 4.99 Å². The normalized spacial score (nSPS) is 16.0. The summed E-state index contributed by atoms with van der Waals surface area (Å²) in [5.41, 5.74) is 1.58. The number of benzene rings is 2. The van der Waals surface area contributed by atoms with Crippen LogP contribution in [0.3, 0.4) is 0 Å². The summed E-state index contributed by atoms with van der Waals surface area (Å²) in [6.45, 7) is 6.58. The molecule has 3 rings (SSSR count). The zero-order valence-corrected chi connectivity index (χ0v) is 19.2. The Morgan fingerprint density at radius 3 is 2.50 bits per heavy atom. The Labute approximate surface area is 192 Å². The molecule has 0 saturated carbocycles. The molecule has 1 fully saturated rings. The van der Waals surface area contributed by atoms with Crippen molar-refractivity contribution in [2.75, 3.05) is 26.4 Å². The van der Waals surface area contributed by atoms with Crippen molar-refractivity contribution in [3.8, 4) is 11.5 Å². The molecule has 0 bridgehead atoms. The van der Waals surface area contributed by atoms with E-state index in [-0.39, 0.29) is 12.5 Å². The van der Waals surface area contributed by atoms with E-state index in [1.54, 1.807) is 30.0 Å². The zero-order valence-electron chi connectivity index (χ0n) is 18.4. The Bertz CT molecular complexity index is 1020. The van der Waals surface area contributed by atoms with Crippen LogP contribution in [0.25, 0.3) is 6.08 Å². The van der Waals surface area contributed by atoms with Gasteiger partial charge >= 0.3 is 5.97 Å². The first-order chi connectivity index (χ1) is 15.5. The fourth-order valence-electron chi connectivity index (χ4n) is 2.98. The van der Waals surface area contributed by atoms with Crippen LogP contribution >= 0.6 is 11.8 Å². The zero-order chi connectivity index (χ0) is 22.9. The van der Waals surface area contributed by atoms with Gasteiger partial charge in [0.25, 0.3) is 5.91 Å². The highest BCUT2D eigenvalue weighted by molar-refractivity contribution is 8.18. The number of carbonyl (C=O) groups excluding carboxylic acids is 2. The summed E-state index contributed by atoms with van der Waals surface area (Å²) < 4.78 is 16.1. The van der Waals surface area contributed by atoms with Crippen molar-refractivity contribution in [1.29, 1.82) is 0 Å². The lowest BCUT2D eigenvalue weighted by atomic mass is 10.2. The van der Waals surface area contributed by atoms with Gasteiger partial charge in [-0.1, -0.05) is 24.3 Å². The topological polar surface area (TPSA) is 77.4 Å². The highest BCUT2D eigenvalue weighted by atomic mass is 32.2. The molecule has 1 aliphatic heterocycles. The maximum Gasteiger partial charge on any atom is 0.344 e. The highest BCUT2D eigenvalue weighted by Crippen LogP contribution is 2.35. The SMILES string of the molecule is CCOC(=O)COc1ccc(/C=C2\SC(=Nc3ccccc3)N(CC)C2=O)cc1OCC. The van der Waals surface area contributed by atoms with Crippen LogP contribution in [0.1, 0.15) is 26.3 Å². The third kappa shape index (κ3) is 5.91. The average molecular weight is 455 g/mol. The molecule has 1 aliphatic rings. The van der Waals surface area contributed by atoms with E-state index in [1.165, 1.54) is 11.8 Å². The monoisotopic (exact) mass is 454 g/mol. The van der Waals surface area contributed by atoms with Crippen LogP contribution in [0.4, 0.5) is 5.69 Å². The first kappa shape index (κ1) is 23.4. The maximum atomic E-state index is 12.9. The third-order valence-electron chi connectivity index (χ3n) is 4.40. The molecule has 0 radical (unpaired) electrons. The lowest BCUT2D eigenvalue weighted by Gasteiger charge is -2.12. The first-order valence-corrected chi connectivity index (χ1v) is 11.3. The van der Waals surface area contributed by atoms with E-state index in [2.05, 4.69) is 4.99 Å². The molecule has 1 saturated heterocycles. The number of likely N-dealkylation sites (N-methyl/N-ethyl adjacent to an activating group) is 1. The fraction of sp³-hybridized carbons (Fsp3) is 0.292. The van der Waals surface area contributed by atoms with Crippen LogP contribution in [0.15, 0.2) is 58.4 Å². The summed E-state index contributed by atoms with van der Waals surface area (Å²) in [5.74, 6) is 0.396. The molecule has 7 nitrogen and oxygen atoms in total. The smallest absolute Gasteiger partial charge is 0.344 e. The molecular weight excluding hydrogens is 428 g/mol. The Balaban J connectivity index is 1.83. The van der Waals surface area contributed by atoms with Gasteiger partial charge in [0.15, 0.2) is 23.3 Å². The predicted molar refractivity (Wildman–Crippen MR) is 126 cm³/mol. The summed E-state index contributed by atoms with van der Waals surface area (Å²) in [7, 11) is 0. The molecule has 2 aromatic rings. The molecule has 0 aliphatic carbocycles. The summed E-state index contributed by atoms with van der Waals surface area (Å²) in [4.78, 5) is 31.3. The van der Waals surface area contributed by atoms with Gasteiger partial charge in [0.05, 0.1) is 23.8 Å². The second kappa shape index (κ2) is 11.4.